The molecule has 0 radical (unpaired) electrons. The number of Topliss-reactive ketones (excluding diaryl/α,β-unsaturated/α-hetero) is 1. The van der Waals surface area contributed by atoms with E-state index in [0.29, 0.717) is 24.2 Å². The second kappa shape index (κ2) is 7.07. The summed E-state index contributed by atoms with van der Waals surface area (Å²) in [6, 6.07) is 0. The first-order valence-corrected chi connectivity index (χ1v) is 13.2. The Morgan fingerprint density at radius 3 is 2.24 bits per heavy atom. The van der Waals surface area contributed by atoms with Crippen molar-refractivity contribution in [1.29, 1.82) is 0 Å². The van der Waals surface area contributed by atoms with Crippen LogP contribution in [-0.4, -0.2) is 30.4 Å². The van der Waals surface area contributed by atoms with Crippen molar-refractivity contribution in [2.75, 3.05) is 6.61 Å². The van der Waals surface area contributed by atoms with Crippen LogP contribution in [0.25, 0.3) is 0 Å². The van der Waals surface area contributed by atoms with Crippen LogP contribution in [-0.2, 0) is 23.9 Å². The van der Waals surface area contributed by atoms with Crippen molar-refractivity contribution in [3.8, 4) is 0 Å². The Hall–Kier alpha value is -1.39. The molecule has 0 bridgehead atoms. The van der Waals surface area contributed by atoms with Crippen molar-refractivity contribution in [3.05, 3.63) is 0 Å². The van der Waals surface area contributed by atoms with E-state index < -0.39 is 5.41 Å². The fourth-order valence-corrected chi connectivity index (χ4v) is 10.1. The molecule has 1 heterocycles. The summed E-state index contributed by atoms with van der Waals surface area (Å²) in [7, 11) is 0. The normalized spacial score (nSPS) is 50.7. The molecule has 0 amide bonds. The Morgan fingerprint density at radius 1 is 0.879 bits per heavy atom. The van der Waals surface area contributed by atoms with E-state index in [1.54, 1.807) is 0 Å². The summed E-state index contributed by atoms with van der Waals surface area (Å²) in [5, 5.41) is 0. The lowest BCUT2D eigenvalue weighted by Crippen LogP contribution is -2.67. The lowest BCUT2D eigenvalue weighted by molar-refractivity contribution is -0.236. The fraction of sp³-hybridized carbons (Fsp3) is 0.893. The zero-order valence-electron chi connectivity index (χ0n) is 21.4. The van der Waals surface area contributed by atoms with E-state index in [4.69, 9.17) is 9.47 Å². The summed E-state index contributed by atoms with van der Waals surface area (Å²) in [4.78, 5) is 37.6. The first-order valence-electron chi connectivity index (χ1n) is 13.2. The van der Waals surface area contributed by atoms with Gasteiger partial charge in [-0.2, -0.15) is 0 Å². The number of carbonyl (C=O) groups excluding carboxylic acids is 3. The average molecular weight is 459 g/mol. The molecule has 0 aromatic rings. The predicted octanol–water partition coefficient (Wildman–Crippen LogP) is 5.49. The Bertz CT molecular complexity index is 893. The number of cyclic esters (lactones) is 1. The van der Waals surface area contributed by atoms with Gasteiger partial charge >= 0.3 is 11.9 Å². The van der Waals surface area contributed by atoms with Gasteiger partial charge in [0, 0.05) is 18.3 Å². The summed E-state index contributed by atoms with van der Waals surface area (Å²) in [5.74, 6) is 1.04. The van der Waals surface area contributed by atoms with E-state index >= 15 is 0 Å². The van der Waals surface area contributed by atoms with Crippen molar-refractivity contribution in [2.45, 2.75) is 105 Å². The third kappa shape index (κ3) is 2.92. The molecule has 0 aromatic carbocycles. The largest absolute Gasteiger partial charge is 0.465 e. The second-order valence-electron chi connectivity index (χ2n) is 13.6. The number of esters is 2. The van der Waals surface area contributed by atoms with Gasteiger partial charge in [0.2, 0.25) is 0 Å². The van der Waals surface area contributed by atoms with Crippen molar-refractivity contribution in [3.63, 3.8) is 0 Å². The first kappa shape index (κ1) is 23.4. The molecule has 33 heavy (non-hydrogen) atoms. The molecule has 5 fully saturated rings. The standard InChI is InChI=1S/C28H42O5/c1-17(29)33-21-10-11-25(4)19(24(21,2)3)9-12-27(6)20(25)8-7-18-23(31)28(14-13-26(18,27)5)15-22(30)32-16-28/h18-21H,7-16H2,1-6H3/t18-,19+,20-,21+,25+,26-,27-,28+/m1/s1. The van der Waals surface area contributed by atoms with E-state index in [2.05, 4.69) is 34.6 Å². The van der Waals surface area contributed by atoms with Gasteiger partial charge in [0.05, 0.1) is 11.8 Å². The van der Waals surface area contributed by atoms with E-state index in [0.717, 1.165) is 51.4 Å². The SMILES string of the molecule is CC(=O)O[C@H]1CC[C@]2(C)[C@H]3CC[C@@H]4C(=O)[C@]5(CC[C@@]4(C)[C@]3(C)CC[C@H]2C1(C)C)COC(=O)C5. The minimum Gasteiger partial charge on any atom is -0.465 e. The first-order chi connectivity index (χ1) is 15.3. The molecule has 184 valence electrons. The molecule has 0 N–H and O–H groups in total. The summed E-state index contributed by atoms with van der Waals surface area (Å²) in [6.07, 6.45) is 8.32. The fourth-order valence-electron chi connectivity index (χ4n) is 10.1. The Kier molecular flexibility index (Phi) is 5.00. The molecule has 4 aliphatic carbocycles. The molecule has 5 nitrogen and oxygen atoms in total. The number of hydrogen-bond donors (Lipinski definition) is 0. The van der Waals surface area contributed by atoms with Crippen molar-refractivity contribution in [2.24, 2.45) is 44.8 Å². The highest BCUT2D eigenvalue weighted by Crippen LogP contribution is 2.74. The smallest absolute Gasteiger partial charge is 0.306 e. The monoisotopic (exact) mass is 458 g/mol. The number of rotatable bonds is 1. The second-order valence-corrected chi connectivity index (χ2v) is 13.6. The average Bonchev–Trinajstić information content (AvgIpc) is 3.10. The van der Waals surface area contributed by atoms with Gasteiger partial charge in [0.1, 0.15) is 18.5 Å². The Labute approximate surface area is 198 Å². The van der Waals surface area contributed by atoms with Crippen LogP contribution in [0.5, 0.6) is 0 Å². The summed E-state index contributed by atoms with van der Waals surface area (Å²) >= 11 is 0. The molecule has 8 atom stereocenters. The maximum Gasteiger partial charge on any atom is 0.306 e. The van der Waals surface area contributed by atoms with Crippen molar-refractivity contribution >= 4 is 17.7 Å². The number of ether oxygens (including phenoxy) is 2. The van der Waals surface area contributed by atoms with Crippen molar-refractivity contribution < 1.29 is 23.9 Å². The highest BCUT2D eigenvalue weighted by molar-refractivity contribution is 5.94. The van der Waals surface area contributed by atoms with Crippen LogP contribution in [0.4, 0.5) is 0 Å². The van der Waals surface area contributed by atoms with Crippen LogP contribution in [0.15, 0.2) is 0 Å². The van der Waals surface area contributed by atoms with Gasteiger partial charge < -0.3 is 9.47 Å². The Balaban J connectivity index is 1.47. The van der Waals surface area contributed by atoms with Gasteiger partial charge in [-0.3, -0.25) is 14.4 Å². The van der Waals surface area contributed by atoms with Crippen LogP contribution < -0.4 is 0 Å². The number of ketones is 1. The van der Waals surface area contributed by atoms with E-state index in [-0.39, 0.29) is 52.0 Å². The minimum absolute atomic E-state index is 0.0135. The third-order valence-electron chi connectivity index (χ3n) is 12.1. The maximum absolute atomic E-state index is 13.9. The molecule has 1 spiro atoms. The molecule has 5 aliphatic rings. The molecule has 4 saturated carbocycles. The molecule has 1 aliphatic heterocycles. The lowest BCUT2D eigenvalue weighted by atomic mass is 9.33. The lowest BCUT2D eigenvalue weighted by Gasteiger charge is -2.71. The topological polar surface area (TPSA) is 69.7 Å². The zero-order valence-corrected chi connectivity index (χ0v) is 21.4. The summed E-state index contributed by atoms with van der Waals surface area (Å²) in [6.45, 7) is 13.8. The van der Waals surface area contributed by atoms with Crippen molar-refractivity contribution in [1.82, 2.24) is 0 Å². The van der Waals surface area contributed by atoms with Gasteiger partial charge in [-0.25, -0.2) is 0 Å². The Morgan fingerprint density at radius 2 is 1.61 bits per heavy atom. The quantitative estimate of drug-likeness (QED) is 0.486. The van der Waals surface area contributed by atoms with Gasteiger partial charge in [-0.05, 0) is 79.4 Å². The van der Waals surface area contributed by atoms with Gasteiger partial charge in [0.25, 0.3) is 0 Å². The highest BCUT2D eigenvalue weighted by atomic mass is 16.5. The predicted molar refractivity (Wildman–Crippen MR) is 124 cm³/mol. The van der Waals surface area contributed by atoms with Crippen LogP contribution in [0.1, 0.15) is 99.3 Å². The van der Waals surface area contributed by atoms with E-state index in [9.17, 15) is 14.4 Å². The number of carbonyl (C=O) groups is 3. The van der Waals surface area contributed by atoms with Crippen LogP contribution in [0.2, 0.25) is 0 Å². The van der Waals surface area contributed by atoms with Crippen LogP contribution in [0, 0.1) is 44.8 Å². The molecule has 0 unspecified atom stereocenters. The summed E-state index contributed by atoms with van der Waals surface area (Å²) < 4.78 is 11.1. The van der Waals surface area contributed by atoms with E-state index in [1.165, 1.54) is 6.92 Å². The van der Waals surface area contributed by atoms with E-state index in [1.807, 2.05) is 0 Å². The van der Waals surface area contributed by atoms with Gasteiger partial charge in [0.15, 0.2) is 0 Å². The molecular weight excluding hydrogens is 416 g/mol. The zero-order chi connectivity index (χ0) is 24.0. The number of fused-ring (bicyclic) bond motifs is 5. The third-order valence-corrected chi connectivity index (χ3v) is 12.1. The molecule has 5 heteroatoms. The molecular formula is C28H42O5. The van der Waals surface area contributed by atoms with Gasteiger partial charge in [-0.15, -0.1) is 0 Å². The summed E-state index contributed by atoms with van der Waals surface area (Å²) in [5.41, 5.74) is -0.353. The minimum atomic E-state index is -0.560. The van der Waals surface area contributed by atoms with Crippen LogP contribution >= 0.6 is 0 Å². The van der Waals surface area contributed by atoms with Gasteiger partial charge in [-0.1, -0.05) is 34.6 Å². The maximum atomic E-state index is 13.9. The number of hydrogen-bond acceptors (Lipinski definition) is 5. The molecule has 0 aromatic heterocycles. The highest BCUT2D eigenvalue weighted by Gasteiger charge is 2.70. The molecule has 1 saturated heterocycles. The molecule has 5 rings (SSSR count). The van der Waals surface area contributed by atoms with Crippen LogP contribution in [0.3, 0.4) is 0 Å².